The third-order valence-electron chi connectivity index (χ3n) is 5.48. The molecule has 182 valence electrons. The van der Waals surface area contributed by atoms with Gasteiger partial charge in [0.25, 0.3) is 0 Å². The quantitative estimate of drug-likeness (QED) is 0.422. The molecule has 2 heterocycles. The molecule has 1 aromatic rings. The van der Waals surface area contributed by atoms with Crippen molar-refractivity contribution >= 4 is 41.0 Å². The number of carboxylic acid groups (broad SMARTS) is 1. The standard InChI is InChI=1S/C22H31N3O7S/c1-13(2)20(22(31)32-3)24-21(30)16-11-14(23-17(26)12-15-5-4-10-33-15)8-9-25(16)18(27)6-7-19(28)29/h4-5,10,13-14,16,20H,6-9,11-12H2,1-3H3,(H,23,26)(H,24,30)(H,28,29). The number of hydrogen-bond acceptors (Lipinski definition) is 7. The molecule has 10 nitrogen and oxygen atoms in total. The van der Waals surface area contributed by atoms with Crippen molar-refractivity contribution < 1.29 is 33.8 Å². The van der Waals surface area contributed by atoms with Crippen molar-refractivity contribution in [1.29, 1.82) is 0 Å². The average molecular weight is 482 g/mol. The number of likely N-dealkylation sites (tertiary alicyclic amines) is 1. The normalized spacial score (nSPS) is 19.0. The Kier molecular flexibility index (Phi) is 9.83. The minimum atomic E-state index is -1.11. The molecule has 3 unspecified atom stereocenters. The molecule has 0 spiro atoms. The molecule has 1 aliphatic heterocycles. The van der Waals surface area contributed by atoms with Crippen molar-refractivity contribution in [3.63, 3.8) is 0 Å². The highest BCUT2D eigenvalue weighted by Gasteiger charge is 2.38. The molecular weight excluding hydrogens is 450 g/mol. The maximum absolute atomic E-state index is 13.1. The minimum absolute atomic E-state index is 0.160. The molecule has 3 amide bonds. The summed E-state index contributed by atoms with van der Waals surface area (Å²) in [6, 6.07) is 1.54. The van der Waals surface area contributed by atoms with Crippen molar-refractivity contribution in [3.8, 4) is 0 Å². The van der Waals surface area contributed by atoms with Gasteiger partial charge in [0.15, 0.2) is 0 Å². The van der Waals surface area contributed by atoms with Gasteiger partial charge >= 0.3 is 11.9 Å². The van der Waals surface area contributed by atoms with E-state index in [1.807, 2.05) is 17.5 Å². The topological polar surface area (TPSA) is 142 Å². The van der Waals surface area contributed by atoms with Gasteiger partial charge in [0, 0.05) is 23.9 Å². The maximum atomic E-state index is 13.1. The van der Waals surface area contributed by atoms with Crippen LogP contribution in [-0.4, -0.2) is 71.4 Å². The van der Waals surface area contributed by atoms with Gasteiger partial charge in [0.05, 0.1) is 20.0 Å². The Hall–Kier alpha value is -2.95. The largest absolute Gasteiger partial charge is 0.481 e. The zero-order chi connectivity index (χ0) is 24.5. The van der Waals surface area contributed by atoms with Crippen LogP contribution in [0.5, 0.6) is 0 Å². The molecule has 11 heteroatoms. The van der Waals surface area contributed by atoms with Crippen LogP contribution in [0.4, 0.5) is 0 Å². The van der Waals surface area contributed by atoms with Crippen LogP contribution in [0.15, 0.2) is 17.5 Å². The van der Waals surface area contributed by atoms with E-state index in [0.717, 1.165) is 4.88 Å². The molecular formula is C22H31N3O7S. The Balaban J connectivity index is 2.13. The highest BCUT2D eigenvalue weighted by atomic mass is 32.1. The number of aliphatic carboxylic acids is 1. The molecule has 1 saturated heterocycles. The molecule has 33 heavy (non-hydrogen) atoms. The lowest BCUT2D eigenvalue weighted by molar-refractivity contribution is -0.149. The monoisotopic (exact) mass is 481 g/mol. The number of carbonyl (C=O) groups is 5. The Morgan fingerprint density at radius 3 is 2.55 bits per heavy atom. The second-order valence-corrected chi connectivity index (χ2v) is 9.33. The van der Waals surface area contributed by atoms with E-state index in [1.165, 1.54) is 23.3 Å². The van der Waals surface area contributed by atoms with E-state index in [2.05, 4.69) is 10.6 Å². The number of piperidine rings is 1. The van der Waals surface area contributed by atoms with Gasteiger partial charge in [-0.15, -0.1) is 11.3 Å². The van der Waals surface area contributed by atoms with Crippen LogP contribution in [0.25, 0.3) is 0 Å². The summed E-state index contributed by atoms with van der Waals surface area (Å²) in [5.74, 6) is -3.13. The van der Waals surface area contributed by atoms with E-state index in [0.29, 0.717) is 6.42 Å². The Morgan fingerprint density at radius 2 is 1.97 bits per heavy atom. The highest BCUT2D eigenvalue weighted by Crippen LogP contribution is 2.21. The number of nitrogens with zero attached hydrogens (tertiary/aromatic N) is 1. The Morgan fingerprint density at radius 1 is 1.24 bits per heavy atom. The summed E-state index contributed by atoms with van der Waals surface area (Å²) in [5, 5.41) is 16.4. The summed E-state index contributed by atoms with van der Waals surface area (Å²) in [7, 11) is 1.23. The molecule has 0 saturated carbocycles. The first kappa shape index (κ1) is 26.3. The molecule has 0 aliphatic carbocycles. The number of esters is 1. The summed E-state index contributed by atoms with van der Waals surface area (Å²) in [6.45, 7) is 3.70. The van der Waals surface area contributed by atoms with E-state index < -0.39 is 35.8 Å². The highest BCUT2D eigenvalue weighted by molar-refractivity contribution is 7.10. The summed E-state index contributed by atoms with van der Waals surface area (Å²) in [4.78, 5) is 63.5. The van der Waals surface area contributed by atoms with Crippen molar-refractivity contribution in [2.75, 3.05) is 13.7 Å². The van der Waals surface area contributed by atoms with Gasteiger partial charge in [-0.25, -0.2) is 4.79 Å². The van der Waals surface area contributed by atoms with Crippen molar-refractivity contribution in [3.05, 3.63) is 22.4 Å². The van der Waals surface area contributed by atoms with Crippen LogP contribution in [0, 0.1) is 5.92 Å². The molecule has 1 aliphatic rings. The number of thiophene rings is 1. The number of carbonyl (C=O) groups excluding carboxylic acids is 4. The fourth-order valence-corrected chi connectivity index (χ4v) is 4.43. The van der Waals surface area contributed by atoms with Crippen molar-refractivity contribution in [2.45, 2.75) is 64.1 Å². The first-order chi connectivity index (χ1) is 15.6. The van der Waals surface area contributed by atoms with Crippen LogP contribution in [0.3, 0.4) is 0 Å². The maximum Gasteiger partial charge on any atom is 0.328 e. The van der Waals surface area contributed by atoms with Gasteiger partial charge < -0.3 is 25.4 Å². The van der Waals surface area contributed by atoms with E-state index in [-0.39, 0.29) is 50.1 Å². The van der Waals surface area contributed by atoms with Gasteiger partial charge in [-0.05, 0) is 30.2 Å². The molecule has 2 rings (SSSR count). The molecule has 0 aromatic carbocycles. The Labute approximate surface area is 196 Å². The van der Waals surface area contributed by atoms with E-state index >= 15 is 0 Å². The fourth-order valence-electron chi connectivity index (χ4n) is 3.73. The summed E-state index contributed by atoms with van der Waals surface area (Å²) in [6.07, 6.45) is 0.237. The van der Waals surface area contributed by atoms with Crippen molar-refractivity contribution in [1.82, 2.24) is 15.5 Å². The van der Waals surface area contributed by atoms with Gasteiger partial charge in [-0.3, -0.25) is 19.2 Å². The lowest BCUT2D eigenvalue weighted by atomic mass is 9.94. The second-order valence-electron chi connectivity index (χ2n) is 8.30. The molecule has 3 N–H and O–H groups in total. The van der Waals surface area contributed by atoms with E-state index in [1.54, 1.807) is 13.8 Å². The zero-order valence-corrected chi connectivity index (χ0v) is 19.9. The van der Waals surface area contributed by atoms with Crippen LogP contribution in [0.2, 0.25) is 0 Å². The minimum Gasteiger partial charge on any atom is -0.481 e. The molecule has 0 radical (unpaired) electrons. The third-order valence-corrected chi connectivity index (χ3v) is 6.35. The first-order valence-corrected chi connectivity index (χ1v) is 11.7. The van der Waals surface area contributed by atoms with Crippen LogP contribution >= 0.6 is 11.3 Å². The predicted molar refractivity (Wildman–Crippen MR) is 120 cm³/mol. The SMILES string of the molecule is COC(=O)C(NC(=O)C1CC(NC(=O)Cc2cccs2)CCN1C(=O)CCC(=O)O)C(C)C. The second kappa shape index (κ2) is 12.3. The van der Waals surface area contributed by atoms with Crippen molar-refractivity contribution in [2.24, 2.45) is 5.92 Å². The van der Waals surface area contributed by atoms with Gasteiger partial charge in [0.2, 0.25) is 17.7 Å². The van der Waals surface area contributed by atoms with E-state index in [9.17, 15) is 24.0 Å². The Bertz CT molecular complexity index is 856. The van der Waals surface area contributed by atoms with Gasteiger partial charge in [-0.2, -0.15) is 0 Å². The predicted octanol–water partition coefficient (Wildman–Crippen LogP) is 0.945. The fraction of sp³-hybridized carbons (Fsp3) is 0.591. The number of ether oxygens (including phenoxy) is 1. The summed E-state index contributed by atoms with van der Waals surface area (Å²) < 4.78 is 4.77. The average Bonchev–Trinajstić information content (AvgIpc) is 3.27. The lowest BCUT2D eigenvalue weighted by Crippen LogP contribution is -2.59. The number of carboxylic acids is 1. The van der Waals surface area contributed by atoms with Crippen LogP contribution in [-0.2, 0) is 35.1 Å². The molecule has 1 fully saturated rings. The molecule has 1 aromatic heterocycles. The number of methoxy groups -OCH3 is 1. The lowest BCUT2D eigenvalue weighted by Gasteiger charge is -2.39. The smallest absolute Gasteiger partial charge is 0.328 e. The number of amides is 3. The number of rotatable bonds is 10. The van der Waals surface area contributed by atoms with Gasteiger partial charge in [-0.1, -0.05) is 19.9 Å². The number of nitrogens with one attached hydrogen (secondary N) is 2. The zero-order valence-electron chi connectivity index (χ0n) is 19.0. The summed E-state index contributed by atoms with van der Waals surface area (Å²) >= 11 is 1.48. The molecule has 3 atom stereocenters. The van der Waals surface area contributed by atoms with Crippen LogP contribution < -0.4 is 10.6 Å². The van der Waals surface area contributed by atoms with E-state index in [4.69, 9.17) is 9.84 Å². The number of hydrogen-bond donors (Lipinski definition) is 3. The third kappa shape index (κ3) is 7.85. The van der Waals surface area contributed by atoms with Crippen LogP contribution in [0.1, 0.15) is 44.4 Å². The molecule has 0 bridgehead atoms. The summed E-state index contributed by atoms with van der Waals surface area (Å²) in [5.41, 5.74) is 0. The van der Waals surface area contributed by atoms with Gasteiger partial charge in [0.1, 0.15) is 12.1 Å². The first-order valence-electron chi connectivity index (χ1n) is 10.8.